The Morgan fingerprint density at radius 1 is 1.44 bits per heavy atom. The zero-order chi connectivity index (χ0) is 13.0. The Morgan fingerprint density at radius 3 is 2.72 bits per heavy atom. The normalized spacial score (nSPS) is 17.8. The van der Waals surface area contributed by atoms with Gasteiger partial charge in [0.25, 0.3) is 0 Å². The molecular formula is C14H23BrN2S. The van der Waals surface area contributed by atoms with Gasteiger partial charge in [0.05, 0.1) is 3.79 Å². The molecule has 1 aliphatic heterocycles. The van der Waals surface area contributed by atoms with Crippen LogP contribution in [0.25, 0.3) is 0 Å². The van der Waals surface area contributed by atoms with Gasteiger partial charge >= 0.3 is 0 Å². The molecule has 2 heterocycles. The van der Waals surface area contributed by atoms with Gasteiger partial charge in [-0.25, -0.2) is 0 Å². The molecule has 2 rings (SSSR count). The summed E-state index contributed by atoms with van der Waals surface area (Å²) in [5.41, 5.74) is 1.44. The molecule has 1 fully saturated rings. The predicted molar refractivity (Wildman–Crippen MR) is 83.2 cm³/mol. The molecule has 0 atom stereocenters. The summed E-state index contributed by atoms with van der Waals surface area (Å²) in [7, 11) is 0. The molecule has 0 aromatic carbocycles. The molecule has 0 amide bonds. The third kappa shape index (κ3) is 4.34. The molecule has 102 valence electrons. The smallest absolute Gasteiger partial charge is 0.0701 e. The first-order chi connectivity index (χ1) is 8.65. The first-order valence-corrected chi connectivity index (χ1v) is 8.50. The van der Waals surface area contributed by atoms with E-state index < -0.39 is 0 Å². The van der Waals surface area contributed by atoms with Crippen LogP contribution in [-0.4, -0.2) is 30.6 Å². The van der Waals surface area contributed by atoms with Crippen molar-refractivity contribution < 1.29 is 0 Å². The molecule has 0 saturated carbocycles. The summed E-state index contributed by atoms with van der Waals surface area (Å²) in [5, 5.41) is 5.71. The van der Waals surface area contributed by atoms with Crippen LogP contribution in [-0.2, 0) is 6.54 Å². The second-order valence-electron chi connectivity index (χ2n) is 5.48. The Bertz CT molecular complexity index is 358. The summed E-state index contributed by atoms with van der Waals surface area (Å²) in [6, 6.07) is 2.88. The molecule has 0 unspecified atom stereocenters. The number of nitrogens with one attached hydrogen (secondary N) is 1. The highest BCUT2D eigenvalue weighted by Gasteiger charge is 2.19. The fourth-order valence-electron chi connectivity index (χ4n) is 2.52. The summed E-state index contributed by atoms with van der Waals surface area (Å²) < 4.78 is 1.24. The van der Waals surface area contributed by atoms with E-state index in [0.717, 1.165) is 12.5 Å². The van der Waals surface area contributed by atoms with E-state index in [9.17, 15) is 0 Å². The van der Waals surface area contributed by atoms with Crippen LogP contribution in [0.4, 0.5) is 0 Å². The highest BCUT2D eigenvalue weighted by molar-refractivity contribution is 9.11. The molecule has 1 saturated heterocycles. The largest absolute Gasteiger partial charge is 0.317 e. The SMILES string of the molecule is CC(C)N(Cc1csc(Br)c1)CC1CCNCC1. The molecule has 1 aromatic rings. The van der Waals surface area contributed by atoms with Crippen molar-refractivity contribution in [3.63, 3.8) is 0 Å². The Hall–Kier alpha value is 0.1000. The van der Waals surface area contributed by atoms with Crippen LogP contribution >= 0.6 is 27.3 Å². The second kappa shape index (κ2) is 7.04. The number of piperidine rings is 1. The van der Waals surface area contributed by atoms with Gasteiger partial charge in [0.15, 0.2) is 0 Å². The molecule has 1 aromatic heterocycles. The van der Waals surface area contributed by atoms with Gasteiger partial charge in [-0.15, -0.1) is 11.3 Å². The minimum absolute atomic E-state index is 0.624. The van der Waals surface area contributed by atoms with E-state index in [1.165, 1.54) is 41.8 Å². The van der Waals surface area contributed by atoms with Crippen molar-refractivity contribution in [3.05, 3.63) is 20.8 Å². The Morgan fingerprint density at radius 2 is 2.17 bits per heavy atom. The van der Waals surface area contributed by atoms with Crippen molar-refractivity contribution in [1.29, 1.82) is 0 Å². The lowest BCUT2D eigenvalue weighted by Crippen LogP contribution is -2.39. The molecule has 0 radical (unpaired) electrons. The molecule has 1 aliphatic rings. The van der Waals surface area contributed by atoms with E-state index >= 15 is 0 Å². The standard InChI is InChI=1S/C14H23BrN2S/c1-11(2)17(8-12-3-5-16-6-4-12)9-13-7-14(15)18-10-13/h7,10-12,16H,3-6,8-9H2,1-2H3. The van der Waals surface area contributed by atoms with Gasteiger partial charge in [-0.2, -0.15) is 0 Å². The lowest BCUT2D eigenvalue weighted by Gasteiger charge is -2.32. The van der Waals surface area contributed by atoms with Gasteiger partial charge in [-0.05, 0) is 78.6 Å². The van der Waals surface area contributed by atoms with E-state index in [1.807, 2.05) is 0 Å². The monoisotopic (exact) mass is 330 g/mol. The molecule has 0 spiro atoms. The fraction of sp³-hybridized carbons (Fsp3) is 0.714. The van der Waals surface area contributed by atoms with Gasteiger partial charge < -0.3 is 5.32 Å². The number of thiophene rings is 1. The summed E-state index contributed by atoms with van der Waals surface area (Å²) >= 11 is 5.33. The van der Waals surface area contributed by atoms with Crippen molar-refractivity contribution >= 4 is 27.3 Å². The van der Waals surface area contributed by atoms with Crippen LogP contribution in [0.5, 0.6) is 0 Å². The quantitative estimate of drug-likeness (QED) is 0.885. The van der Waals surface area contributed by atoms with Crippen LogP contribution in [0.2, 0.25) is 0 Å². The van der Waals surface area contributed by atoms with Crippen molar-refractivity contribution in [2.24, 2.45) is 5.92 Å². The van der Waals surface area contributed by atoms with E-state index in [0.29, 0.717) is 6.04 Å². The summed E-state index contributed by atoms with van der Waals surface area (Å²) in [6.45, 7) is 9.34. The van der Waals surface area contributed by atoms with E-state index in [-0.39, 0.29) is 0 Å². The minimum atomic E-state index is 0.624. The number of nitrogens with zero attached hydrogens (tertiary/aromatic N) is 1. The van der Waals surface area contributed by atoms with E-state index in [1.54, 1.807) is 11.3 Å². The van der Waals surface area contributed by atoms with Crippen molar-refractivity contribution in [3.8, 4) is 0 Å². The lowest BCUT2D eigenvalue weighted by atomic mass is 9.97. The minimum Gasteiger partial charge on any atom is -0.317 e. The van der Waals surface area contributed by atoms with Crippen molar-refractivity contribution in [2.75, 3.05) is 19.6 Å². The number of hydrogen-bond acceptors (Lipinski definition) is 3. The first kappa shape index (κ1) is 14.5. The number of rotatable bonds is 5. The number of hydrogen-bond donors (Lipinski definition) is 1. The van der Waals surface area contributed by atoms with E-state index in [2.05, 4.69) is 51.4 Å². The van der Waals surface area contributed by atoms with E-state index in [4.69, 9.17) is 0 Å². The van der Waals surface area contributed by atoms with Crippen molar-refractivity contribution in [1.82, 2.24) is 10.2 Å². The van der Waals surface area contributed by atoms with Crippen LogP contribution in [0.15, 0.2) is 15.2 Å². The first-order valence-electron chi connectivity index (χ1n) is 6.83. The number of halogens is 1. The van der Waals surface area contributed by atoms with Crippen molar-refractivity contribution in [2.45, 2.75) is 39.3 Å². The maximum absolute atomic E-state index is 3.55. The van der Waals surface area contributed by atoms with Crippen LogP contribution in [0.3, 0.4) is 0 Å². The topological polar surface area (TPSA) is 15.3 Å². The third-order valence-corrected chi connectivity index (χ3v) is 5.24. The summed E-state index contributed by atoms with van der Waals surface area (Å²) in [5.74, 6) is 0.871. The molecule has 18 heavy (non-hydrogen) atoms. The average molecular weight is 331 g/mol. The van der Waals surface area contributed by atoms with Crippen LogP contribution < -0.4 is 5.32 Å². The van der Waals surface area contributed by atoms with Gasteiger partial charge in [-0.3, -0.25) is 4.90 Å². The highest BCUT2D eigenvalue weighted by Crippen LogP contribution is 2.23. The summed E-state index contributed by atoms with van der Waals surface area (Å²) in [4.78, 5) is 2.62. The highest BCUT2D eigenvalue weighted by atomic mass is 79.9. The Balaban J connectivity index is 1.90. The van der Waals surface area contributed by atoms with Crippen LogP contribution in [0, 0.1) is 5.92 Å². The second-order valence-corrected chi connectivity index (χ2v) is 7.77. The van der Waals surface area contributed by atoms with Gasteiger partial charge in [0.2, 0.25) is 0 Å². The third-order valence-electron chi connectivity index (χ3n) is 3.69. The molecule has 4 heteroatoms. The van der Waals surface area contributed by atoms with Gasteiger partial charge in [0, 0.05) is 19.1 Å². The summed E-state index contributed by atoms with van der Waals surface area (Å²) in [6.07, 6.45) is 2.66. The molecule has 2 nitrogen and oxygen atoms in total. The fourth-order valence-corrected chi connectivity index (χ4v) is 3.72. The lowest BCUT2D eigenvalue weighted by molar-refractivity contribution is 0.162. The molecule has 0 aliphatic carbocycles. The maximum atomic E-state index is 3.55. The van der Waals surface area contributed by atoms with Gasteiger partial charge in [0.1, 0.15) is 0 Å². The predicted octanol–water partition coefficient (Wildman–Crippen LogP) is 3.72. The Kier molecular flexibility index (Phi) is 5.67. The maximum Gasteiger partial charge on any atom is 0.0701 e. The zero-order valence-corrected chi connectivity index (χ0v) is 13.7. The Labute approximate surface area is 123 Å². The average Bonchev–Trinajstić information content (AvgIpc) is 2.75. The zero-order valence-electron chi connectivity index (χ0n) is 11.3. The van der Waals surface area contributed by atoms with Crippen LogP contribution in [0.1, 0.15) is 32.3 Å². The molecule has 1 N–H and O–H groups in total. The molecular weight excluding hydrogens is 308 g/mol. The van der Waals surface area contributed by atoms with Gasteiger partial charge in [-0.1, -0.05) is 0 Å². The molecule has 0 bridgehead atoms.